The fourth-order valence-corrected chi connectivity index (χ4v) is 1.39. The zero-order chi connectivity index (χ0) is 9.26. The summed E-state index contributed by atoms with van der Waals surface area (Å²) in [5.74, 6) is 0. The summed E-state index contributed by atoms with van der Waals surface area (Å²) in [4.78, 5) is 14.1. The second-order valence-corrected chi connectivity index (χ2v) is 2.93. The fourth-order valence-electron chi connectivity index (χ4n) is 1.39. The minimum absolute atomic E-state index is 0.132. The van der Waals surface area contributed by atoms with E-state index >= 15 is 0 Å². The molecule has 66 valence electrons. The number of benzene rings is 1. The summed E-state index contributed by atoms with van der Waals surface area (Å²) in [5, 5.41) is 10.4. The molecule has 0 saturated carbocycles. The van der Waals surface area contributed by atoms with E-state index in [4.69, 9.17) is 0 Å². The predicted molar refractivity (Wildman–Crippen MR) is 49.3 cm³/mol. The molecule has 4 nitrogen and oxygen atoms in total. The molecule has 0 saturated heterocycles. The van der Waals surface area contributed by atoms with E-state index in [9.17, 15) is 10.1 Å². The van der Waals surface area contributed by atoms with Crippen LogP contribution in [-0.2, 0) is 6.42 Å². The maximum atomic E-state index is 10.4. The molecule has 0 aromatic heterocycles. The molecule has 4 heteroatoms. The Bertz CT molecular complexity index is 385. The maximum Gasteiger partial charge on any atom is 0.270 e. The van der Waals surface area contributed by atoms with E-state index in [2.05, 4.69) is 4.99 Å². The van der Waals surface area contributed by atoms with E-state index in [1.807, 2.05) is 0 Å². The van der Waals surface area contributed by atoms with Crippen molar-refractivity contribution in [2.45, 2.75) is 6.42 Å². The number of rotatable bonds is 1. The first kappa shape index (κ1) is 7.91. The Morgan fingerprint density at radius 2 is 2.31 bits per heavy atom. The van der Waals surface area contributed by atoms with E-state index < -0.39 is 0 Å². The molecule has 0 bridgehead atoms. The van der Waals surface area contributed by atoms with Crippen LogP contribution in [0.5, 0.6) is 0 Å². The van der Waals surface area contributed by atoms with Gasteiger partial charge in [-0.2, -0.15) is 0 Å². The Morgan fingerprint density at radius 3 is 3.08 bits per heavy atom. The molecule has 0 N–H and O–H groups in total. The first-order valence-electron chi connectivity index (χ1n) is 4.04. The van der Waals surface area contributed by atoms with Crippen molar-refractivity contribution in [2.75, 3.05) is 6.54 Å². The van der Waals surface area contributed by atoms with Gasteiger partial charge in [0.25, 0.3) is 5.69 Å². The highest BCUT2D eigenvalue weighted by Gasteiger charge is 2.10. The average Bonchev–Trinajstić information content (AvgIpc) is 2.17. The van der Waals surface area contributed by atoms with Crippen LogP contribution in [0.3, 0.4) is 0 Å². The summed E-state index contributed by atoms with van der Waals surface area (Å²) in [5.41, 5.74) is 2.15. The van der Waals surface area contributed by atoms with Crippen LogP contribution in [0.1, 0.15) is 11.1 Å². The summed E-state index contributed by atoms with van der Waals surface area (Å²) in [7, 11) is 0. The number of aliphatic imine (C=N–C) groups is 1. The van der Waals surface area contributed by atoms with Gasteiger partial charge in [0.05, 0.1) is 4.92 Å². The van der Waals surface area contributed by atoms with Crippen molar-refractivity contribution in [3.8, 4) is 0 Å². The van der Waals surface area contributed by atoms with Crippen molar-refractivity contribution >= 4 is 11.9 Å². The van der Waals surface area contributed by atoms with Gasteiger partial charge in [-0.15, -0.1) is 0 Å². The summed E-state index contributed by atoms with van der Waals surface area (Å²) in [6.45, 7) is 0.783. The Balaban J connectivity index is 2.48. The largest absolute Gasteiger partial charge is 0.292 e. The fraction of sp³-hybridized carbons (Fsp3) is 0.222. The third-order valence-electron chi connectivity index (χ3n) is 2.08. The topological polar surface area (TPSA) is 55.5 Å². The van der Waals surface area contributed by atoms with E-state index in [1.165, 1.54) is 6.07 Å². The molecule has 1 aliphatic rings. The highest BCUT2D eigenvalue weighted by molar-refractivity contribution is 5.83. The highest BCUT2D eigenvalue weighted by Crippen LogP contribution is 2.18. The van der Waals surface area contributed by atoms with Crippen molar-refractivity contribution in [3.05, 3.63) is 39.4 Å². The molecule has 13 heavy (non-hydrogen) atoms. The zero-order valence-electron chi connectivity index (χ0n) is 6.93. The third kappa shape index (κ3) is 1.42. The normalized spacial score (nSPS) is 13.8. The monoisotopic (exact) mass is 176 g/mol. The van der Waals surface area contributed by atoms with Gasteiger partial charge in [0.15, 0.2) is 0 Å². The SMILES string of the molecule is O=[N+]([O-])c1ccc2c(c1)C=NCC2. The van der Waals surface area contributed by atoms with Crippen molar-refractivity contribution in [2.24, 2.45) is 4.99 Å². The predicted octanol–water partition coefficient (Wildman–Crippen LogP) is 1.57. The molecule has 0 aliphatic carbocycles. The summed E-state index contributed by atoms with van der Waals surface area (Å²) in [6.07, 6.45) is 2.58. The molecule has 0 spiro atoms. The van der Waals surface area contributed by atoms with Crippen molar-refractivity contribution < 1.29 is 4.92 Å². The Morgan fingerprint density at radius 1 is 1.46 bits per heavy atom. The number of nitro benzene ring substituents is 1. The third-order valence-corrected chi connectivity index (χ3v) is 2.08. The molecule has 0 amide bonds. The van der Waals surface area contributed by atoms with Crippen molar-refractivity contribution in [1.82, 2.24) is 0 Å². The first-order valence-corrected chi connectivity index (χ1v) is 4.04. The van der Waals surface area contributed by atoms with Crippen LogP contribution >= 0.6 is 0 Å². The number of hydrogen-bond donors (Lipinski definition) is 0. The van der Waals surface area contributed by atoms with Crippen LogP contribution in [0.2, 0.25) is 0 Å². The van der Waals surface area contributed by atoms with Crippen LogP contribution in [0.4, 0.5) is 5.69 Å². The van der Waals surface area contributed by atoms with E-state index in [-0.39, 0.29) is 10.6 Å². The van der Waals surface area contributed by atoms with Gasteiger partial charge in [0.1, 0.15) is 0 Å². The lowest BCUT2D eigenvalue weighted by Crippen LogP contribution is -2.03. The molecule has 1 aromatic carbocycles. The molecule has 0 atom stereocenters. The average molecular weight is 176 g/mol. The smallest absolute Gasteiger partial charge is 0.270 e. The second-order valence-electron chi connectivity index (χ2n) is 2.93. The number of non-ortho nitro benzene ring substituents is 1. The molecule has 1 aliphatic heterocycles. The molecule has 0 unspecified atom stereocenters. The lowest BCUT2D eigenvalue weighted by molar-refractivity contribution is -0.384. The van der Waals surface area contributed by atoms with Gasteiger partial charge in [-0.05, 0) is 12.0 Å². The zero-order valence-corrected chi connectivity index (χ0v) is 6.93. The molecule has 0 fully saturated rings. The van der Waals surface area contributed by atoms with E-state index in [0.717, 1.165) is 24.1 Å². The summed E-state index contributed by atoms with van der Waals surface area (Å²) in [6, 6.07) is 4.91. The molecular weight excluding hydrogens is 168 g/mol. The van der Waals surface area contributed by atoms with Gasteiger partial charge >= 0.3 is 0 Å². The van der Waals surface area contributed by atoms with Gasteiger partial charge in [0, 0.05) is 30.5 Å². The van der Waals surface area contributed by atoms with Gasteiger partial charge in [-0.1, -0.05) is 6.07 Å². The summed E-state index contributed by atoms with van der Waals surface area (Å²) >= 11 is 0. The van der Waals surface area contributed by atoms with Crippen molar-refractivity contribution in [1.29, 1.82) is 0 Å². The molecule has 1 heterocycles. The lowest BCUT2D eigenvalue weighted by atomic mass is 10.0. The van der Waals surface area contributed by atoms with Crippen LogP contribution in [0, 0.1) is 10.1 Å². The quantitative estimate of drug-likeness (QED) is 0.481. The van der Waals surface area contributed by atoms with Crippen LogP contribution < -0.4 is 0 Å². The Labute approximate surface area is 75.1 Å². The lowest BCUT2D eigenvalue weighted by Gasteiger charge is -2.08. The Hall–Kier alpha value is -1.71. The number of fused-ring (bicyclic) bond motifs is 1. The van der Waals surface area contributed by atoms with Gasteiger partial charge in [0.2, 0.25) is 0 Å². The molecule has 1 aromatic rings. The molecular formula is C9H8N2O2. The first-order chi connectivity index (χ1) is 6.27. The Kier molecular flexibility index (Phi) is 1.81. The van der Waals surface area contributed by atoms with E-state index in [0.29, 0.717) is 0 Å². The van der Waals surface area contributed by atoms with Gasteiger partial charge in [-0.3, -0.25) is 15.1 Å². The van der Waals surface area contributed by atoms with Crippen LogP contribution in [-0.4, -0.2) is 17.7 Å². The number of hydrogen-bond acceptors (Lipinski definition) is 3. The summed E-state index contributed by atoms with van der Waals surface area (Å²) < 4.78 is 0. The minimum atomic E-state index is -0.386. The minimum Gasteiger partial charge on any atom is -0.292 e. The van der Waals surface area contributed by atoms with Gasteiger partial charge in [-0.25, -0.2) is 0 Å². The van der Waals surface area contributed by atoms with Gasteiger partial charge < -0.3 is 0 Å². The van der Waals surface area contributed by atoms with Crippen LogP contribution in [0.25, 0.3) is 0 Å². The van der Waals surface area contributed by atoms with Crippen LogP contribution in [0.15, 0.2) is 23.2 Å². The molecule has 2 rings (SSSR count). The molecule has 0 radical (unpaired) electrons. The second kappa shape index (κ2) is 2.97. The van der Waals surface area contributed by atoms with E-state index in [1.54, 1.807) is 18.3 Å². The van der Waals surface area contributed by atoms with Crippen molar-refractivity contribution in [3.63, 3.8) is 0 Å². The maximum absolute atomic E-state index is 10.4. The highest BCUT2D eigenvalue weighted by atomic mass is 16.6. The number of nitrogens with zero attached hydrogens (tertiary/aromatic N) is 2. The number of nitro groups is 1. The standard InChI is InChI=1S/C9H8N2O2/c12-11(13)9-2-1-7-3-4-10-6-8(7)5-9/h1-2,5-6H,3-4H2.